The van der Waals surface area contributed by atoms with Crippen molar-refractivity contribution >= 4 is 17.3 Å². The molecular formula is C21H25N3O3. The molecule has 0 aromatic heterocycles. The van der Waals surface area contributed by atoms with E-state index in [1.807, 2.05) is 31.2 Å². The molecule has 0 spiro atoms. The second-order valence-electron chi connectivity index (χ2n) is 6.88. The second-order valence-corrected chi connectivity index (χ2v) is 6.88. The van der Waals surface area contributed by atoms with Crippen LogP contribution in [0.1, 0.15) is 6.92 Å². The number of anilines is 2. The largest absolute Gasteiger partial charge is 0.486 e. The summed E-state index contributed by atoms with van der Waals surface area (Å²) >= 11 is 0. The van der Waals surface area contributed by atoms with Gasteiger partial charge in [-0.25, -0.2) is 0 Å². The Bertz CT molecular complexity index is 789. The number of carbonyl (C=O) groups excluding carboxylic acids is 1. The number of fused-ring (bicyclic) bond motifs is 1. The number of piperazine rings is 1. The van der Waals surface area contributed by atoms with Gasteiger partial charge in [0.25, 0.3) is 0 Å². The smallest absolute Gasteiger partial charge is 0.241 e. The van der Waals surface area contributed by atoms with Crippen LogP contribution in [0.5, 0.6) is 11.5 Å². The van der Waals surface area contributed by atoms with E-state index in [1.54, 1.807) is 0 Å². The van der Waals surface area contributed by atoms with Gasteiger partial charge in [0.2, 0.25) is 5.91 Å². The minimum absolute atomic E-state index is 0.000149. The molecule has 27 heavy (non-hydrogen) atoms. The number of ether oxygens (including phenoxy) is 2. The molecule has 2 aliphatic rings. The Morgan fingerprint density at radius 1 is 0.963 bits per heavy atom. The molecule has 2 aromatic carbocycles. The molecule has 2 aliphatic heterocycles. The van der Waals surface area contributed by atoms with Crippen LogP contribution in [-0.2, 0) is 4.79 Å². The molecule has 0 unspecified atom stereocenters. The molecule has 0 bridgehead atoms. The number of benzene rings is 2. The number of carbonyl (C=O) groups is 1. The molecule has 142 valence electrons. The number of nitrogens with zero attached hydrogens (tertiary/aromatic N) is 2. The molecule has 0 radical (unpaired) electrons. The maximum Gasteiger partial charge on any atom is 0.241 e. The highest BCUT2D eigenvalue weighted by atomic mass is 16.6. The highest BCUT2D eigenvalue weighted by Crippen LogP contribution is 2.32. The predicted octanol–water partition coefficient (Wildman–Crippen LogP) is 2.61. The first-order valence-electron chi connectivity index (χ1n) is 9.45. The summed E-state index contributed by atoms with van der Waals surface area (Å²) in [5.41, 5.74) is 1.98. The maximum absolute atomic E-state index is 12.7. The highest BCUT2D eigenvalue weighted by molar-refractivity contribution is 5.94. The van der Waals surface area contributed by atoms with E-state index >= 15 is 0 Å². The van der Waals surface area contributed by atoms with E-state index in [0.29, 0.717) is 19.0 Å². The van der Waals surface area contributed by atoms with Crippen LogP contribution in [0.3, 0.4) is 0 Å². The van der Waals surface area contributed by atoms with Gasteiger partial charge < -0.3 is 19.7 Å². The van der Waals surface area contributed by atoms with Crippen molar-refractivity contribution in [1.82, 2.24) is 4.90 Å². The van der Waals surface area contributed by atoms with Crippen LogP contribution < -0.4 is 19.7 Å². The summed E-state index contributed by atoms with van der Waals surface area (Å²) in [6, 6.07) is 15.8. The normalized spacial score (nSPS) is 18.0. The minimum Gasteiger partial charge on any atom is -0.486 e. The summed E-state index contributed by atoms with van der Waals surface area (Å²) in [4.78, 5) is 17.3. The van der Waals surface area contributed by atoms with Gasteiger partial charge >= 0.3 is 0 Å². The molecular weight excluding hydrogens is 342 g/mol. The van der Waals surface area contributed by atoms with Crippen molar-refractivity contribution in [3.8, 4) is 11.5 Å². The summed E-state index contributed by atoms with van der Waals surface area (Å²) in [5, 5.41) is 3.00. The van der Waals surface area contributed by atoms with Gasteiger partial charge in [0.15, 0.2) is 11.5 Å². The lowest BCUT2D eigenvalue weighted by Gasteiger charge is -2.38. The third-order valence-corrected chi connectivity index (χ3v) is 5.17. The quantitative estimate of drug-likeness (QED) is 0.900. The molecule has 1 amide bonds. The number of para-hydroxylation sites is 1. The number of nitrogens with one attached hydrogen (secondary N) is 1. The van der Waals surface area contributed by atoms with Crippen molar-refractivity contribution in [2.75, 3.05) is 49.6 Å². The molecule has 2 aromatic rings. The standard InChI is InChI=1S/C21H25N3O3/c1-16(23-9-11-24(12-10-23)18-5-3-2-4-6-18)21(25)22-17-7-8-19-20(15-17)27-14-13-26-19/h2-8,15-16H,9-14H2,1H3,(H,22,25)/t16-/m1/s1. The van der Waals surface area contributed by atoms with Crippen LogP contribution in [0.4, 0.5) is 11.4 Å². The summed E-state index contributed by atoms with van der Waals surface area (Å²) in [5.74, 6) is 1.41. The third-order valence-electron chi connectivity index (χ3n) is 5.17. The molecule has 0 aliphatic carbocycles. The Kier molecular flexibility index (Phi) is 5.16. The van der Waals surface area contributed by atoms with Crippen LogP contribution in [-0.4, -0.2) is 56.2 Å². The Morgan fingerprint density at radius 3 is 2.41 bits per heavy atom. The van der Waals surface area contributed by atoms with Crippen LogP contribution >= 0.6 is 0 Å². The third kappa shape index (κ3) is 4.01. The van der Waals surface area contributed by atoms with E-state index in [1.165, 1.54) is 5.69 Å². The van der Waals surface area contributed by atoms with Crippen LogP contribution in [0.15, 0.2) is 48.5 Å². The van der Waals surface area contributed by atoms with Gasteiger partial charge in [-0.15, -0.1) is 0 Å². The zero-order valence-corrected chi connectivity index (χ0v) is 15.6. The van der Waals surface area contributed by atoms with Gasteiger partial charge in [-0.3, -0.25) is 9.69 Å². The van der Waals surface area contributed by atoms with Gasteiger partial charge in [0.1, 0.15) is 13.2 Å². The lowest BCUT2D eigenvalue weighted by Crippen LogP contribution is -2.52. The zero-order valence-electron chi connectivity index (χ0n) is 15.6. The fraction of sp³-hybridized carbons (Fsp3) is 0.381. The monoisotopic (exact) mass is 367 g/mol. The van der Waals surface area contributed by atoms with E-state index in [4.69, 9.17) is 9.47 Å². The van der Waals surface area contributed by atoms with Gasteiger partial charge in [0.05, 0.1) is 6.04 Å². The molecule has 4 rings (SSSR count). The fourth-order valence-electron chi connectivity index (χ4n) is 3.54. The molecule has 6 nitrogen and oxygen atoms in total. The lowest BCUT2D eigenvalue weighted by atomic mass is 10.2. The first-order chi connectivity index (χ1) is 13.2. The Morgan fingerprint density at radius 2 is 1.67 bits per heavy atom. The Labute approximate surface area is 159 Å². The van der Waals surface area contributed by atoms with Crippen LogP contribution in [0, 0.1) is 0 Å². The molecule has 1 N–H and O–H groups in total. The number of rotatable bonds is 4. The Hall–Kier alpha value is -2.73. The molecule has 2 heterocycles. The van der Waals surface area contributed by atoms with Gasteiger partial charge in [-0.2, -0.15) is 0 Å². The first kappa shape index (κ1) is 17.7. The molecule has 1 atom stereocenters. The van der Waals surface area contributed by atoms with Crippen LogP contribution in [0.25, 0.3) is 0 Å². The second kappa shape index (κ2) is 7.88. The SMILES string of the molecule is C[C@H](C(=O)Nc1ccc2c(c1)OCCO2)N1CCN(c2ccccc2)CC1. The van der Waals surface area contributed by atoms with Crippen molar-refractivity contribution in [3.63, 3.8) is 0 Å². The fourth-order valence-corrected chi connectivity index (χ4v) is 3.54. The van der Waals surface area contributed by atoms with Gasteiger partial charge in [0, 0.05) is 43.6 Å². The molecule has 6 heteroatoms. The highest BCUT2D eigenvalue weighted by Gasteiger charge is 2.26. The van der Waals surface area contributed by atoms with Gasteiger partial charge in [-0.05, 0) is 31.2 Å². The predicted molar refractivity (Wildman–Crippen MR) is 106 cm³/mol. The topological polar surface area (TPSA) is 54.0 Å². The molecule has 0 saturated carbocycles. The number of hydrogen-bond donors (Lipinski definition) is 1. The summed E-state index contributed by atoms with van der Waals surface area (Å²) in [6.07, 6.45) is 0. The van der Waals surface area contributed by atoms with Crippen molar-refractivity contribution in [2.45, 2.75) is 13.0 Å². The molecule has 1 saturated heterocycles. The number of amides is 1. The van der Waals surface area contributed by atoms with Gasteiger partial charge in [-0.1, -0.05) is 18.2 Å². The lowest BCUT2D eigenvalue weighted by molar-refractivity contribution is -0.120. The summed E-state index contributed by atoms with van der Waals surface area (Å²) < 4.78 is 11.1. The van der Waals surface area contributed by atoms with Crippen LogP contribution in [0.2, 0.25) is 0 Å². The summed E-state index contributed by atoms with van der Waals surface area (Å²) in [7, 11) is 0. The minimum atomic E-state index is -0.184. The van der Waals surface area contributed by atoms with Crippen molar-refractivity contribution in [2.24, 2.45) is 0 Å². The summed E-state index contributed by atoms with van der Waals surface area (Å²) in [6.45, 7) is 6.63. The zero-order chi connectivity index (χ0) is 18.6. The first-order valence-corrected chi connectivity index (χ1v) is 9.45. The average molecular weight is 367 g/mol. The van der Waals surface area contributed by atoms with Crippen molar-refractivity contribution in [1.29, 1.82) is 0 Å². The average Bonchev–Trinajstić information content (AvgIpc) is 2.74. The van der Waals surface area contributed by atoms with E-state index in [2.05, 4.69) is 39.4 Å². The maximum atomic E-state index is 12.7. The molecule has 1 fully saturated rings. The van der Waals surface area contributed by atoms with E-state index in [9.17, 15) is 4.79 Å². The van der Waals surface area contributed by atoms with Crippen molar-refractivity contribution in [3.05, 3.63) is 48.5 Å². The Balaban J connectivity index is 1.33. The van der Waals surface area contributed by atoms with Crippen molar-refractivity contribution < 1.29 is 14.3 Å². The van der Waals surface area contributed by atoms with E-state index < -0.39 is 0 Å². The van der Waals surface area contributed by atoms with E-state index in [-0.39, 0.29) is 11.9 Å². The number of hydrogen-bond acceptors (Lipinski definition) is 5. The van der Waals surface area contributed by atoms with E-state index in [0.717, 1.165) is 37.6 Å².